The second-order valence-electron chi connectivity index (χ2n) is 4.84. The summed E-state index contributed by atoms with van der Waals surface area (Å²) < 4.78 is 0. The van der Waals surface area contributed by atoms with Gasteiger partial charge in [0.15, 0.2) is 0 Å². The average molecular weight is 298 g/mol. The van der Waals surface area contributed by atoms with Gasteiger partial charge in [0.05, 0.1) is 5.92 Å². The van der Waals surface area contributed by atoms with Crippen molar-refractivity contribution in [2.24, 2.45) is 11.5 Å². The van der Waals surface area contributed by atoms with Crippen molar-refractivity contribution in [3.63, 3.8) is 0 Å². The first-order valence-electron chi connectivity index (χ1n) is 6.92. The maximum Gasteiger partial charge on any atom is 0.255 e. The number of hydrogen-bond donors (Lipinski definition) is 3. The Morgan fingerprint density at radius 2 is 1.73 bits per heavy atom. The number of nitrogens with one attached hydrogen (secondary N) is 1. The van der Waals surface area contributed by atoms with Crippen molar-refractivity contribution in [1.29, 1.82) is 0 Å². The Bertz CT molecular complexity index is 641. The highest BCUT2D eigenvalue weighted by molar-refractivity contribution is 6.04. The predicted octanol–water partition coefficient (Wildman–Crippen LogP) is 1.25. The van der Waals surface area contributed by atoms with Crippen LogP contribution in [0.4, 0.5) is 5.69 Å². The van der Waals surface area contributed by atoms with Gasteiger partial charge in [-0.25, -0.2) is 0 Å². The minimum Gasteiger partial charge on any atom is -0.369 e. The Hall–Kier alpha value is -2.73. The summed E-state index contributed by atoms with van der Waals surface area (Å²) in [5.74, 6) is -1.08. The van der Waals surface area contributed by atoms with Gasteiger partial charge in [-0.2, -0.15) is 0 Å². The number of anilines is 1. The number of rotatable bonds is 6. The fraction of sp³-hybridized carbons (Fsp3) is 0.188. The topological polar surface area (TPSA) is 111 Å². The van der Waals surface area contributed by atoms with E-state index in [4.69, 9.17) is 11.5 Å². The van der Waals surface area contributed by atoms with Crippen LogP contribution in [0.25, 0.3) is 0 Å². The highest BCUT2D eigenvalue weighted by Gasteiger charge is 2.17. The molecule has 6 nitrogen and oxygen atoms in total. The Morgan fingerprint density at radius 3 is 2.27 bits per heavy atom. The van der Waals surface area contributed by atoms with E-state index in [2.05, 4.69) is 10.3 Å². The standard InChI is InChI=1S/C16H18N4O2/c17-8-5-14(15(18)21)11-1-3-12(4-2-11)16(22)20-13-6-9-19-10-7-13/h1-4,6-7,9-10,14H,5,8,17H2,(H2,18,21)(H,19,20,22). The molecule has 0 aliphatic carbocycles. The van der Waals surface area contributed by atoms with Gasteiger partial charge in [-0.1, -0.05) is 12.1 Å². The smallest absolute Gasteiger partial charge is 0.255 e. The highest BCUT2D eigenvalue weighted by Crippen LogP contribution is 2.19. The van der Waals surface area contributed by atoms with Gasteiger partial charge >= 0.3 is 0 Å². The number of carbonyl (C=O) groups excluding carboxylic acids is 2. The van der Waals surface area contributed by atoms with Gasteiger partial charge in [-0.15, -0.1) is 0 Å². The molecule has 0 radical (unpaired) electrons. The number of nitrogens with zero attached hydrogens (tertiary/aromatic N) is 1. The summed E-state index contributed by atoms with van der Waals surface area (Å²) in [6, 6.07) is 10.2. The fourth-order valence-electron chi connectivity index (χ4n) is 2.15. The third-order valence-corrected chi connectivity index (χ3v) is 3.31. The molecule has 0 aliphatic heterocycles. The third kappa shape index (κ3) is 3.89. The van der Waals surface area contributed by atoms with Gasteiger partial charge in [-0.3, -0.25) is 14.6 Å². The van der Waals surface area contributed by atoms with Crippen molar-refractivity contribution >= 4 is 17.5 Å². The first-order chi connectivity index (χ1) is 10.6. The average Bonchev–Trinajstić information content (AvgIpc) is 2.53. The van der Waals surface area contributed by atoms with Gasteiger partial charge in [-0.05, 0) is 42.8 Å². The highest BCUT2D eigenvalue weighted by atomic mass is 16.2. The number of benzene rings is 1. The summed E-state index contributed by atoms with van der Waals surface area (Å²) in [7, 11) is 0. The van der Waals surface area contributed by atoms with Gasteiger partial charge < -0.3 is 16.8 Å². The van der Waals surface area contributed by atoms with Crippen LogP contribution in [0.3, 0.4) is 0 Å². The van der Waals surface area contributed by atoms with Crippen LogP contribution < -0.4 is 16.8 Å². The molecule has 6 heteroatoms. The van der Waals surface area contributed by atoms with Gasteiger partial charge in [0.25, 0.3) is 5.91 Å². The summed E-state index contributed by atoms with van der Waals surface area (Å²) in [4.78, 5) is 27.4. The fourth-order valence-corrected chi connectivity index (χ4v) is 2.15. The molecule has 1 atom stereocenters. The van der Waals surface area contributed by atoms with Crippen LogP contribution in [-0.4, -0.2) is 23.3 Å². The zero-order valence-electron chi connectivity index (χ0n) is 12.0. The van der Waals surface area contributed by atoms with Crippen LogP contribution in [-0.2, 0) is 4.79 Å². The van der Waals surface area contributed by atoms with Crippen molar-refractivity contribution in [3.8, 4) is 0 Å². The van der Waals surface area contributed by atoms with E-state index in [9.17, 15) is 9.59 Å². The molecule has 0 spiro atoms. The van der Waals surface area contributed by atoms with Crippen LogP contribution in [0.15, 0.2) is 48.8 Å². The van der Waals surface area contributed by atoms with Crippen LogP contribution in [0.1, 0.15) is 28.3 Å². The minimum absolute atomic E-state index is 0.229. The van der Waals surface area contributed by atoms with Crippen LogP contribution >= 0.6 is 0 Å². The number of carbonyl (C=O) groups is 2. The van der Waals surface area contributed by atoms with E-state index in [1.807, 2.05) is 0 Å². The van der Waals surface area contributed by atoms with Gasteiger partial charge in [0.2, 0.25) is 5.91 Å². The Balaban J connectivity index is 2.11. The lowest BCUT2D eigenvalue weighted by Gasteiger charge is -2.13. The largest absolute Gasteiger partial charge is 0.369 e. The molecule has 0 bridgehead atoms. The van der Waals surface area contributed by atoms with Gasteiger partial charge in [0, 0.05) is 23.6 Å². The second kappa shape index (κ2) is 7.33. The van der Waals surface area contributed by atoms with E-state index in [0.29, 0.717) is 24.2 Å². The lowest BCUT2D eigenvalue weighted by molar-refractivity contribution is -0.119. The first-order valence-corrected chi connectivity index (χ1v) is 6.92. The zero-order chi connectivity index (χ0) is 15.9. The summed E-state index contributed by atoms with van der Waals surface area (Å²) in [6.07, 6.45) is 3.68. The summed E-state index contributed by atoms with van der Waals surface area (Å²) >= 11 is 0. The first kappa shape index (κ1) is 15.7. The molecule has 1 aromatic carbocycles. The number of primary amides is 1. The number of pyridine rings is 1. The molecule has 0 saturated heterocycles. The number of hydrogen-bond acceptors (Lipinski definition) is 4. The van der Waals surface area contributed by atoms with E-state index in [1.54, 1.807) is 48.8 Å². The maximum absolute atomic E-state index is 12.1. The third-order valence-electron chi connectivity index (χ3n) is 3.31. The molecule has 0 fully saturated rings. The van der Waals surface area contributed by atoms with Crippen molar-refractivity contribution in [2.45, 2.75) is 12.3 Å². The van der Waals surface area contributed by atoms with E-state index in [-0.39, 0.29) is 5.91 Å². The molecule has 2 aromatic rings. The Labute approximate surface area is 128 Å². The van der Waals surface area contributed by atoms with Crippen molar-refractivity contribution < 1.29 is 9.59 Å². The molecule has 0 aliphatic rings. The normalized spacial score (nSPS) is 11.7. The van der Waals surface area contributed by atoms with Crippen molar-refractivity contribution in [1.82, 2.24) is 4.98 Å². The van der Waals surface area contributed by atoms with E-state index in [0.717, 1.165) is 5.56 Å². The quantitative estimate of drug-likeness (QED) is 0.745. The molecular weight excluding hydrogens is 280 g/mol. The maximum atomic E-state index is 12.1. The summed E-state index contributed by atoms with van der Waals surface area (Å²) in [6.45, 7) is 0.373. The summed E-state index contributed by atoms with van der Waals surface area (Å²) in [5.41, 5.74) is 12.8. The van der Waals surface area contributed by atoms with E-state index in [1.165, 1.54) is 0 Å². The Morgan fingerprint density at radius 1 is 1.09 bits per heavy atom. The molecule has 2 rings (SSSR count). The molecule has 1 unspecified atom stereocenters. The number of aromatic nitrogens is 1. The zero-order valence-corrected chi connectivity index (χ0v) is 12.0. The lowest BCUT2D eigenvalue weighted by Crippen LogP contribution is -2.24. The van der Waals surface area contributed by atoms with Crippen molar-refractivity contribution in [3.05, 3.63) is 59.9 Å². The second-order valence-corrected chi connectivity index (χ2v) is 4.84. The molecule has 22 heavy (non-hydrogen) atoms. The molecule has 1 aromatic heterocycles. The van der Waals surface area contributed by atoms with Crippen LogP contribution in [0, 0.1) is 0 Å². The molecule has 114 valence electrons. The molecule has 2 amide bonds. The SMILES string of the molecule is NCCC(C(N)=O)c1ccc(C(=O)Nc2ccncc2)cc1. The molecular formula is C16H18N4O2. The lowest BCUT2D eigenvalue weighted by atomic mass is 9.94. The number of nitrogens with two attached hydrogens (primary N) is 2. The Kier molecular flexibility index (Phi) is 5.21. The van der Waals surface area contributed by atoms with Crippen LogP contribution in [0.2, 0.25) is 0 Å². The van der Waals surface area contributed by atoms with E-state index < -0.39 is 11.8 Å². The minimum atomic E-state index is -0.428. The van der Waals surface area contributed by atoms with Crippen LogP contribution in [0.5, 0.6) is 0 Å². The monoisotopic (exact) mass is 298 g/mol. The molecule has 0 saturated carbocycles. The summed E-state index contributed by atoms with van der Waals surface area (Å²) in [5, 5.41) is 2.76. The predicted molar refractivity (Wildman–Crippen MR) is 84.2 cm³/mol. The molecule has 5 N–H and O–H groups in total. The number of amides is 2. The van der Waals surface area contributed by atoms with Gasteiger partial charge in [0.1, 0.15) is 0 Å². The van der Waals surface area contributed by atoms with E-state index >= 15 is 0 Å². The molecule has 1 heterocycles. The van der Waals surface area contributed by atoms with Crippen molar-refractivity contribution in [2.75, 3.05) is 11.9 Å².